The van der Waals surface area contributed by atoms with E-state index in [4.69, 9.17) is 10.7 Å². The van der Waals surface area contributed by atoms with Crippen LogP contribution in [0.25, 0.3) is 0 Å². The Hall–Kier alpha value is -0.760. The molecule has 0 bridgehead atoms. The minimum atomic E-state index is -4.27. The number of aromatic nitrogens is 2. The zero-order valence-electron chi connectivity index (χ0n) is 8.83. The molecule has 0 fully saturated rings. The number of rotatable bonds is 4. The van der Waals surface area contributed by atoms with E-state index >= 15 is 0 Å². The molecule has 17 heavy (non-hydrogen) atoms. The molecular formula is C8H10ClF3N2O2S. The van der Waals surface area contributed by atoms with Crippen LogP contribution in [0.5, 0.6) is 0 Å². The van der Waals surface area contributed by atoms with Gasteiger partial charge in [-0.05, 0) is 6.92 Å². The Bertz CT molecular complexity index is 495. The Morgan fingerprint density at radius 2 is 2.06 bits per heavy atom. The molecular weight excluding hydrogens is 281 g/mol. The van der Waals surface area contributed by atoms with Gasteiger partial charge in [0.2, 0.25) is 9.05 Å². The van der Waals surface area contributed by atoms with Crippen LogP contribution in [0.2, 0.25) is 0 Å². The first-order valence-electron chi connectivity index (χ1n) is 4.59. The normalized spacial score (nSPS) is 13.0. The second-order valence-corrected chi connectivity index (χ2v) is 6.33. The van der Waals surface area contributed by atoms with E-state index in [-0.39, 0.29) is 6.54 Å². The molecule has 0 aliphatic rings. The van der Waals surface area contributed by atoms with Gasteiger partial charge < -0.3 is 0 Å². The lowest BCUT2D eigenvalue weighted by Gasteiger charge is -2.05. The Morgan fingerprint density at radius 1 is 1.47 bits per heavy atom. The predicted molar refractivity (Wildman–Crippen MR) is 56.1 cm³/mol. The lowest BCUT2D eigenvalue weighted by Crippen LogP contribution is -2.12. The first-order chi connectivity index (χ1) is 7.57. The molecule has 0 saturated heterocycles. The van der Waals surface area contributed by atoms with Gasteiger partial charge in [-0.3, -0.25) is 4.68 Å². The Balaban J connectivity index is 2.75. The molecule has 0 unspecified atom stereocenters. The quantitative estimate of drug-likeness (QED) is 0.799. The molecule has 0 aliphatic carbocycles. The van der Waals surface area contributed by atoms with Crippen LogP contribution in [0.3, 0.4) is 0 Å². The molecule has 0 N–H and O–H groups in total. The van der Waals surface area contributed by atoms with Crippen molar-refractivity contribution >= 4 is 19.7 Å². The third-order valence-corrected chi connectivity index (χ3v) is 2.98. The molecule has 0 atom stereocenters. The number of nitrogens with zero attached hydrogens (tertiary/aromatic N) is 2. The van der Waals surface area contributed by atoms with Crippen LogP contribution >= 0.6 is 10.7 Å². The van der Waals surface area contributed by atoms with Crippen LogP contribution in [0.1, 0.15) is 17.7 Å². The highest BCUT2D eigenvalue weighted by Crippen LogP contribution is 2.21. The van der Waals surface area contributed by atoms with E-state index in [1.165, 1.54) is 13.1 Å². The summed E-state index contributed by atoms with van der Waals surface area (Å²) in [6.45, 7) is 1.17. The first kappa shape index (κ1) is 14.3. The highest BCUT2D eigenvalue weighted by molar-refractivity contribution is 8.13. The van der Waals surface area contributed by atoms with E-state index in [2.05, 4.69) is 5.10 Å². The van der Waals surface area contributed by atoms with Crippen LogP contribution in [0.15, 0.2) is 6.20 Å². The van der Waals surface area contributed by atoms with E-state index in [0.29, 0.717) is 11.3 Å². The van der Waals surface area contributed by atoms with Crippen molar-refractivity contribution in [2.24, 2.45) is 0 Å². The molecule has 1 rings (SSSR count). The van der Waals surface area contributed by atoms with Gasteiger partial charge in [0.15, 0.2) is 0 Å². The van der Waals surface area contributed by atoms with Gasteiger partial charge in [-0.1, -0.05) is 0 Å². The lowest BCUT2D eigenvalue weighted by atomic mass is 10.3. The number of alkyl halides is 3. The zero-order chi connectivity index (χ0) is 13.3. The van der Waals surface area contributed by atoms with Crippen LogP contribution < -0.4 is 0 Å². The number of halogens is 4. The second-order valence-electron chi connectivity index (χ2n) is 3.55. The summed E-state index contributed by atoms with van der Waals surface area (Å²) in [5, 5.41) is 3.79. The number of aryl methyl sites for hydroxylation is 2. The van der Waals surface area contributed by atoms with Gasteiger partial charge in [-0.25, -0.2) is 8.42 Å². The molecule has 0 aromatic carbocycles. The standard InChI is InChI=1S/C8H10ClF3N2O2S/c1-6-7(5-17(9,15)16)4-14(13-6)3-2-8(10,11)12/h4H,2-3,5H2,1H3. The van der Waals surface area contributed by atoms with Crippen molar-refractivity contribution in [3.05, 3.63) is 17.5 Å². The van der Waals surface area contributed by atoms with Gasteiger partial charge in [0.25, 0.3) is 0 Å². The molecule has 0 amide bonds. The number of hydrogen-bond donors (Lipinski definition) is 0. The van der Waals surface area contributed by atoms with Gasteiger partial charge >= 0.3 is 6.18 Å². The average Bonchev–Trinajstić information content (AvgIpc) is 2.40. The minimum absolute atomic E-state index is 0.308. The highest BCUT2D eigenvalue weighted by Gasteiger charge is 2.27. The molecule has 1 heterocycles. The van der Waals surface area contributed by atoms with Crippen LogP contribution in [0, 0.1) is 6.92 Å². The Kier molecular flexibility index (Phi) is 4.08. The SMILES string of the molecule is Cc1nn(CCC(F)(F)F)cc1CS(=O)(=O)Cl. The molecule has 1 aromatic heterocycles. The van der Waals surface area contributed by atoms with E-state index in [1.54, 1.807) is 0 Å². The van der Waals surface area contributed by atoms with Crippen molar-refractivity contribution in [1.82, 2.24) is 9.78 Å². The van der Waals surface area contributed by atoms with Crippen molar-refractivity contribution in [3.8, 4) is 0 Å². The van der Waals surface area contributed by atoms with Crippen molar-refractivity contribution in [3.63, 3.8) is 0 Å². The summed E-state index contributed by atoms with van der Waals surface area (Å²) in [6.07, 6.45) is -4.01. The van der Waals surface area contributed by atoms with Gasteiger partial charge in [0.1, 0.15) is 0 Å². The number of hydrogen-bond acceptors (Lipinski definition) is 3. The first-order valence-corrected chi connectivity index (χ1v) is 7.07. The zero-order valence-corrected chi connectivity index (χ0v) is 10.4. The topological polar surface area (TPSA) is 52.0 Å². The fourth-order valence-electron chi connectivity index (χ4n) is 1.24. The second kappa shape index (κ2) is 4.85. The summed E-state index contributed by atoms with van der Waals surface area (Å²) in [4.78, 5) is 0. The van der Waals surface area contributed by atoms with Crippen LogP contribution in [-0.4, -0.2) is 24.4 Å². The van der Waals surface area contributed by atoms with Gasteiger partial charge in [0.05, 0.1) is 17.9 Å². The highest BCUT2D eigenvalue weighted by atomic mass is 35.7. The minimum Gasteiger partial charge on any atom is -0.272 e. The summed E-state index contributed by atoms with van der Waals surface area (Å²) < 4.78 is 58.6. The fourth-order valence-corrected chi connectivity index (χ4v) is 2.25. The van der Waals surface area contributed by atoms with E-state index in [1.807, 2.05) is 0 Å². The summed E-state index contributed by atoms with van der Waals surface area (Å²) in [5.74, 6) is -0.438. The summed E-state index contributed by atoms with van der Waals surface area (Å²) in [6, 6.07) is 0. The third kappa shape index (κ3) is 5.40. The molecule has 4 nitrogen and oxygen atoms in total. The van der Waals surface area contributed by atoms with E-state index in [9.17, 15) is 21.6 Å². The fraction of sp³-hybridized carbons (Fsp3) is 0.625. The summed E-state index contributed by atoms with van der Waals surface area (Å²) in [5.41, 5.74) is 0.665. The molecule has 0 saturated carbocycles. The average molecular weight is 291 g/mol. The lowest BCUT2D eigenvalue weighted by molar-refractivity contribution is -0.137. The maximum atomic E-state index is 12.0. The van der Waals surface area contributed by atoms with Gasteiger partial charge in [-0.15, -0.1) is 0 Å². The summed E-state index contributed by atoms with van der Waals surface area (Å²) in [7, 11) is 1.32. The largest absolute Gasteiger partial charge is 0.390 e. The molecule has 1 aromatic rings. The maximum absolute atomic E-state index is 12.0. The van der Waals surface area contributed by atoms with E-state index in [0.717, 1.165) is 4.68 Å². The molecule has 0 spiro atoms. The molecule has 9 heteroatoms. The van der Waals surface area contributed by atoms with Crippen molar-refractivity contribution in [1.29, 1.82) is 0 Å². The van der Waals surface area contributed by atoms with E-state index < -0.39 is 27.4 Å². The third-order valence-electron chi connectivity index (χ3n) is 2.00. The summed E-state index contributed by atoms with van der Waals surface area (Å²) >= 11 is 0. The molecule has 98 valence electrons. The van der Waals surface area contributed by atoms with Gasteiger partial charge in [-0.2, -0.15) is 18.3 Å². The monoisotopic (exact) mass is 290 g/mol. The van der Waals surface area contributed by atoms with Crippen molar-refractivity contribution in [2.75, 3.05) is 0 Å². The molecule has 0 aliphatic heterocycles. The van der Waals surface area contributed by atoms with Crippen molar-refractivity contribution < 1.29 is 21.6 Å². The predicted octanol–water partition coefficient (Wildman–Crippen LogP) is 2.21. The van der Waals surface area contributed by atoms with Crippen molar-refractivity contribution in [2.45, 2.75) is 31.8 Å². The van der Waals surface area contributed by atoms with Crippen LogP contribution in [0.4, 0.5) is 13.2 Å². The smallest absolute Gasteiger partial charge is 0.272 e. The molecule has 0 radical (unpaired) electrons. The van der Waals surface area contributed by atoms with Crippen LogP contribution in [-0.2, 0) is 21.3 Å². The Morgan fingerprint density at radius 3 is 2.53 bits per heavy atom. The maximum Gasteiger partial charge on any atom is 0.390 e. The van der Waals surface area contributed by atoms with Gasteiger partial charge in [0, 0.05) is 29.0 Å². The Labute approximate surface area is 101 Å².